The monoisotopic (exact) mass is 256 g/mol. The number of nitro groups is 2. The van der Waals surface area contributed by atoms with Crippen molar-refractivity contribution in [1.29, 1.82) is 0 Å². The number of halogens is 1. The molecule has 13 heavy (non-hydrogen) atoms. The fraction of sp³-hybridized carbons (Fsp3) is 0.750. The van der Waals surface area contributed by atoms with Gasteiger partial charge in [0.2, 0.25) is 6.61 Å². The molecule has 0 fully saturated rings. The summed E-state index contributed by atoms with van der Waals surface area (Å²) in [5.41, 5.74) is 0. The van der Waals surface area contributed by atoms with Crippen molar-refractivity contribution in [2.75, 3.05) is 6.61 Å². The maximum Gasteiger partial charge on any atom is 0.543 e. The third kappa shape index (κ3) is 2.93. The zero-order chi connectivity index (χ0) is 10.6. The highest BCUT2D eigenvalue weighted by molar-refractivity contribution is 9.09. The summed E-state index contributed by atoms with van der Waals surface area (Å²) >= 11 is 2.27. The number of carbonyl (C=O) groups excluding carboxylic acids is 1. The standard InChI is InChI=1S/C4H5BrN2O6/c1-3(8)13-2-4(5,6(9)10)7(11)12/h2H2,1H3. The molecule has 0 aromatic rings. The zero-order valence-electron chi connectivity index (χ0n) is 6.43. The minimum atomic E-state index is -2.65. The lowest BCUT2D eigenvalue weighted by Crippen LogP contribution is -2.44. The fourth-order valence-electron chi connectivity index (χ4n) is 0.366. The van der Waals surface area contributed by atoms with Crippen LogP contribution in [0.5, 0.6) is 0 Å². The Kier molecular flexibility index (Phi) is 3.72. The molecular weight excluding hydrogens is 252 g/mol. The second kappa shape index (κ2) is 4.12. The first-order valence-corrected chi connectivity index (χ1v) is 3.71. The van der Waals surface area contributed by atoms with E-state index in [4.69, 9.17) is 0 Å². The summed E-state index contributed by atoms with van der Waals surface area (Å²) in [5.74, 6) is -0.826. The number of hydrogen-bond donors (Lipinski definition) is 0. The summed E-state index contributed by atoms with van der Waals surface area (Å²) in [6, 6.07) is 0. The van der Waals surface area contributed by atoms with Crippen molar-refractivity contribution in [1.82, 2.24) is 0 Å². The molecule has 0 N–H and O–H groups in total. The molecule has 0 aromatic heterocycles. The Morgan fingerprint density at radius 3 is 2.08 bits per heavy atom. The van der Waals surface area contributed by atoms with Gasteiger partial charge in [-0.05, 0) is 0 Å². The van der Waals surface area contributed by atoms with Crippen LogP contribution in [-0.4, -0.2) is 27.0 Å². The molecule has 0 heterocycles. The molecule has 0 aliphatic rings. The molecule has 74 valence electrons. The molecule has 0 atom stereocenters. The summed E-state index contributed by atoms with van der Waals surface area (Å²) in [6.45, 7) is 0.0373. The van der Waals surface area contributed by atoms with Gasteiger partial charge in [-0.25, -0.2) is 0 Å². The van der Waals surface area contributed by atoms with E-state index in [0.717, 1.165) is 6.92 Å². The summed E-state index contributed by atoms with van der Waals surface area (Å²) < 4.78 is 1.51. The lowest BCUT2D eigenvalue weighted by molar-refractivity contribution is -0.759. The van der Waals surface area contributed by atoms with E-state index in [0.29, 0.717) is 0 Å². The maximum absolute atomic E-state index is 10.2. The molecule has 0 spiro atoms. The van der Waals surface area contributed by atoms with Crippen molar-refractivity contribution >= 4 is 21.9 Å². The van der Waals surface area contributed by atoms with Gasteiger partial charge in [0.25, 0.3) is 0 Å². The molecule has 0 saturated carbocycles. The van der Waals surface area contributed by atoms with Gasteiger partial charge in [-0.15, -0.1) is 0 Å². The largest absolute Gasteiger partial charge is 0.543 e. The number of hydrogen-bond acceptors (Lipinski definition) is 6. The number of alkyl halides is 1. The predicted octanol–water partition coefficient (Wildman–Crippen LogP) is 0.152. The molecule has 8 nitrogen and oxygen atoms in total. The van der Waals surface area contributed by atoms with Crippen LogP contribution >= 0.6 is 15.9 Å². The van der Waals surface area contributed by atoms with Crippen LogP contribution in [0.1, 0.15) is 6.92 Å². The number of nitrogens with zero attached hydrogens (tertiary/aromatic N) is 2. The first-order valence-electron chi connectivity index (χ1n) is 2.92. The molecule has 0 unspecified atom stereocenters. The van der Waals surface area contributed by atoms with Crippen molar-refractivity contribution in [2.24, 2.45) is 0 Å². The Bertz CT molecular complexity index is 239. The highest BCUT2D eigenvalue weighted by Gasteiger charge is 2.55. The van der Waals surface area contributed by atoms with Gasteiger partial charge in [-0.3, -0.25) is 25.0 Å². The number of carbonyl (C=O) groups is 1. The Labute approximate surface area is 80.3 Å². The molecule has 0 aromatic carbocycles. The van der Waals surface area contributed by atoms with Crippen molar-refractivity contribution in [2.45, 2.75) is 11.5 Å². The van der Waals surface area contributed by atoms with Gasteiger partial charge in [-0.2, -0.15) is 0 Å². The molecule has 9 heteroatoms. The van der Waals surface area contributed by atoms with E-state index in [2.05, 4.69) is 20.7 Å². The minimum absolute atomic E-state index is 0.826. The highest BCUT2D eigenvalue weighted by Crippen LogP contribution is 2.19. The molecular formula is C4H5BrN2O6. The quantitative estimate of drug-likeness (QED) is 0.177. The van der Waals surface area contributed by atoms with Crippen molar-refractivity contribution in [3.8, 4) is 0 Å². The average Bonchev–Trinajstić information content (AvgIpc) is 1.99. The molecule has 0 bridgehead atoms. The van der Waals surface area contributed by atoms with Crippen LogP contribution in [0, 0.1) is 20.2 Å². The topological polar surface area (TPSA) is 113 Å². The molecule has 0 rings (SSSR count). The first kappa shape index (κ1) is 11.8. The SMILES string of the molecule is CC(=O)OCC(Br)([N+](=O)[O-])[N+](=O)[O-]. The van der Waals surface area contributed by atoms with Crippen LogP contribution in [0.25, 0.3) is 0 Å². The van der Waals surface area contributed by atoms with E-state index in [1.165, 1.54) is 0 Å². The van der Waals surface area contributed by atoms with Gasteiger partial charge in [0.05, 0.1) is 15.9 Å². The fourth-order valence-corrected chi connectivity index (χ4v) is 0.480. The molecule has 0 aliphatic carbocycles. The van der Waals surface area contributed by atoms with Crippen LogP contribution in [0.4, 0.5) is 0 Å². The van der Waals surface area contributed by atoms with Gasteiger partial charge in [-0.1, -0.05) is 0 Å². The van der Waals surface area contributed by atoms with Crippen LogP contribution < -0.4 is 0 Å². The van der Waals surface area contributed by atoms with Crippen LogP contribution in [0.2, 0.25) is 0 Å². The smallest absolute Gasteiger partial charge is 0.449 e. The van der Waals surface area contributed by atoms with Crippen molar-refractivity contribution in [3.05, 3.63) is 20.2 Å². The van der Waals surface area contributed by atoms with Gasteiger partial charge in [0.15, 0.2) is 0 Å². The van der Waals surface area contributed by atoms with Gasteiger partial charge < -0.3 is 4.74 Å². The molecule has 0 amide bonds. The van der Waals surface area contributed by atoms with E-state index in [1.807, 2.05) is 0 Å². The van der Waals surface area contributed by atoms with Crippen molar-refractivity contribution in [3.63, 3.8) is 0 Å². The van der Waals surface area contributed by atoms with E-state index in [1.54, 1.807) is 0 Å². The summed E-state index contributed by atoms with van der Waals surface area (Å²) in [7, 11) is 0. The third-order valence-electron chi connectivity index (χ3n) is 1.02. The normalized spacial score (nSPS) is 10.6. The Morgan fingerprint density at radius 2 is 1.85 bits per heavy atom. The van der Waals surface area contributed by atoms with Gasteiger partial charge in [0, 0.05) is 6.92 Å². The van der Waals surface area contributed by atoms with Crippen LogP contribution in [-0.2, 0) is 9.53 Å². The number of rotatable bonds is 4. The van der Waals surface area contributed by atoms with E-state index < -0.39 is 27.0 Å². The zero-order valence-corrected chi connectivity index (χ0v) is 8.01. The van der Waals surface area contributed by atoms with Crippen molar-refractivity contribution < 1.29 is 19.4 Å². The number of ether oxygens (including phenoxy) is 1. The Morgan fingerprint density at radius 1 is 1.46 bits per heavy atom. The lowest BCUT2D eigenvalue weighted by Gasteiger charge is -2.09. The molecule has 0 saturated heterocycles. The third-order valence-corrected chi connectivity index (χ3v) is 1.83. The summed E-state index contributed by atoms with van der Waals surface area (Å²) in [5, 5.41) is 20.4. The van der Waals surface area contributed by atoms with Crippen LogP contribution in [0.3, 0.4) is 0 Å². The lowest BCUT2D eigenvalue weighted by atomic mass is 10.5. The molecule has 0 aliphatic heterocycles. The first-order chi connectivity index (χ1) is 5.80. The van der Waals surface area contributed by atoms with E-state index >= 15 is 0 Å². The van der Waals surface area contributed by atoms with E-state index in [-0.39, 0.29) is 0 Å². The summed E-state index contributed by atoms with van der Waals surface area (Å²) in [6.07, 6.45) is 0. The second-order valence-electron chi connectivity index (χ2n) is 2.01. The summed E-state index contributed by atoms with van der Waals surface area (Å²) in [4.78, 5) is 28.3. The second-order valence-corrected chi connectivity index (χ2v) is 3.28. The molecule has 0 radical (unpaired) electrons. The van der Waals surface area contributed by atoms with E-state index in [9.17, 15) is 25.0 Å². The Balaban J connectivity index is 4.52. The predicted molar refractivity (Wildman–Crippen MR) is 42.3 cm³/mol. The average molecular weight is 257 g/mol. The van der Waals surface area contributed by atoms with Crippen LogP contribution in [0.15, 0.2) is 0 Å². The van der Waals surface area contributed by atoms with Gasteiger partial charge in [0.1, 0.15) is 9.85 Å². The Hall–Kier alpha value is -1.25. The number of esters is 1. The van der Waals surface area contributed by atoms with Gasteiger partial charge >= 0.3 is 10.5 Å². The maximum atomic E-state index is 10.2. The minimum Gasteiger partial charge on any atom is -0.449 e. The highest BCUT2D eigenvalue weighted by atomic mass is 79.9.